The second-order valence-corrected chi connectivity index (χ2v) is 5.35. The van der Waals surface area contributed by atoms with Crippen LogP contribution < -0.4 is 14.8 Å². The number of carbonyl (C=O) groups excluding carboxylic acids is 1. The molecule has 0 saturated heterocycles. The third-order valence-corrected chi connectivity index (χ3v) is 3.73. The summed E-state index contributed by atoms with van der Waals surface area (Å²) in [5.41, 5.74) is -0.805. The van der Waals surface area contributed by atoms with Crippen molar-refractivity contribution in [2.24, 2.45) is 0 Å². The smallest absolute Gasteiger partial charge is 0.417 e. The Morgan fingerprint density at radius 3 is 2.36 bits per heavy atom. The third kappa shape index (κ3) is 4.23. The number of carbonyl (C=O) groups is 1. The Morgan fingerprint density at radius 2 is 1.76 bits per heavy atom. The van der Waals surface area contributed by atoms with Crippen LogP contribution in [0.2, 0.25) is 0 Å². The second-order valence-electron chi connectivity index (χ2n) is 5.35. The van der Waals surface area contributed by atoms with Gasteiger partial charge < -0.3 is 14.8 Å². The predicted molar refractivity (Wildman–Crippen MR) is 86.9 cm³/mol. The first kappa shape index (κ1) is 18.6. The fraction of sp³-hybridized carbons (Fsp3) is 0.278. The summed E-state index contributed by atoms with van der Waals surface area (Å²) in [5.74, 6) is 0.232. The lowest BCUT2D eigenvalue weighted by Gasteiger charge is -2.19. The van der Waals surface area contributed by atoms with Gasteiger partial charge in [0.2, 0.25) is 0 Å². The van der Waals surface area contributed by atoms with Gasteiger partial charge in [-0.3, -0.25) is 4.79 Å². The highest BCUT2D eigenvalue weighted by Crippen LogP contribution is 2.33. The molecule has 7 heteroatoms. The lowest BCUT2D eigenvalue weighted by atomic mass is 10.0. The first-order valence-electron chi connectivity index (χ1n) is 7.47. The molecule has 0 unspecified atom stereocenters. The van der Waals surface area contributed by atoms with Gasteiger partial charge in [-0.1, -0.05) is 12.1 Å². The van der Waals surface area contributed by atoms with Crippen LogP contribution in [-0.2, 0) is 6.18 Å². The topological polar surface area (TPSA) is 47.6 Å². The van der Waals surface area contributed by atoms with Crippen LogP contribution in [0.3, 0.4) is 0 Å². The molecule has 0 bridgehead atoms. The van der Waals surface area contributed by atoms with E-state index in [2.05, 4.69) is 5.32 Å². The SMILES string of the molecule is COc1ccc(OC)c([C@@H](C)NC(=O)c2ccccc2C(F)(F)F)c1. The van der Waals surface area contributed by atoms with Gasteiger partial charge in [-0.15, -0.1) is 0 Å². The van der Waals surface area contributed by atoms with Gasteiger partial charge in [-0.05, 0) is 37.3 Å². The normalized spacial score (nSPS) is 12.4. The van der Waals surface area contributed by atoms with Crippen molar-refractivity contribution in [2.45, 2.75) is 19.1 Å². The summed E-state index contributed by atoms with van der Waals surface area (Å²) >= 11 is 0. The van der Waals surface area contributed by atoms with Crippen molar-refractivity contribution in [3.8, 4) is 11.5 Å². The fourth-order valence-corrected chi connectivity index (χ4v) is 2.46. The van der Waals surface area contributed by atoms with Crippen molar-refractivity contribution in [2.75, 3.05) is 14.2 Å². The number of hydrogen-bond donors (Lipinski definition) is 1. The molecule has 0 aliphatic carbocycles. The monoisotopic (exact) mass is 353 g/mol. The van der Waals surface area contributed by atoms with E-state index in [1.165, 1.54) is 26.4 Å². The Hall–Kier alpha value is -2.70. The summed E-state index contributed by atoms with van der Waals surface area (Å²) in [6.07, 6.45) is -4.61. The van der Waals surface area contributed by atoms with Crippen LogP contribution >= 0.6 is 0 Å². The number of alkyl halides is 3. The first-order valence-corrected chi connectivity index (χ1v) is 7.47. The predicted octanol–water partition coefficient (Wildman–Crippen LogP) is 4.21. The maximum Gasteiger partial charge on any atom is 0.417 e. The minimum absolute atomic E-state index is 0.427. The molecular formula is C18H18F3NO3. The summed E-state index contributed by atoms with van der Waals surface area (Å²) in [6, 6.07) is 9.10. The Kier molecular flexibility index (Phi) is 5.56. The standard InChI is InChI=1S/C18H18F3NO3/c1-11(14-10-12(24-2)8-9-16(14)25-3)22-17(23)13-6-4-5-7-15(13)18(19,20)21/h4-11H,1-3H3,(H,22,23)/t11-/m1/s1. The highest BCUT2D eigenvalue weighted by molar-refractivity contribution is 5.96. The molecule has 2 aromatic carbocycles. The molecule has 4 nitrogen and oxygen atoms in total. The highest BCUT2D eigenvalue weighted by Gasteiger charge is 2.35. The number of nitrogens with one attached hydrogen (secondary N) is 1. The van der Waals surface area contributed by atoms with Crippen LogP contribution in [0.15, 0.2) is 42.5 Å². The van der Waals surface area contributed by atoms with Gasteiger partial charge in [0, 0.05) is 5.56 Å². The quantitative estimate of drug-likeness (QED) is 0.876. The van der Waals surface area contributed by atoms with Crippen LogP contribution in [0.5, 0.6) is 11.5 Å². The van der Waals surface area contributed by atoms with Gasteiger partial charge in [-0.25, -0.2) is 0 Å². The van der Waals surface area contributed by atoms with Crippen LogP contribution in [0.1, 0.15) is 34.5 Å². The van der Waals surface area contributed by atoms with Crippen LogP contribution in [0, 0.1) is 0 Å². The van der Waals surface area contributed by atoms with Gasteiger partial charge in [-0.2, -0.15) is 13.2 Å². The Balaban J connectivity index is 2.30. The summed E-state index contributed by atoms with van der Waals surface area (Å²) < 4.78 is 49.6. The minimum Gasteiger partial charge on any atom is -0.497 e. The van der Waals surface area contributed by atoms with Crippen LogP contribution in [-0.4, -0.2) is 20.1 Å². The maximum absolute atomic E-state index is 13.1. The molecule has 0 spiro atoms. The van der Waals surface area contributed by atoms with Gasteiger partial charge in [0.05, 0.1) is 31.4 Å². The molecular weight excluding hydrogens is 335 g/mol. The Bertz CT molecular complexity index is 759. The molecule has 0 aliphatic heterocycles. The molecule has 0 aliphatic rings. The maximum atomic E-state index is 13.1. The molecule has 1 amide bonds. The first-order chi connectivity index (χ1) is 11.8. The number of benzene rings is 2. The van der Waals surface area contributed by atoms with E-state index in [-0.39, 0.29) is 0 Å². The van der Waals surface area contributed by atoms with E-state index < -0.39 is 29.3 Å². The number of amides is 1. The van der Waals surface area contributed by atoms with E-state index in [4.69, 9.17) is 9.47 Å². The molecule has 1 atom stereocenters. The number of halogens is 3. The van der Waals surface area contributed by atoms with E-state index in [0.717, 1.165) is 12.1 Å². The number of rotatable bonds is 5. The minimum atomic E-state index is -4.61. The molecule has 2 rings (SSSR count). The van der Waals surface area contributed by atoms with E-state index in [0.29, 0.717) is 17.1 Å². The molecule has 0 fully saturated rings. The lowest BCUT2D eigenvalue weighted by molar-refractivity contribution is -0.137. The number of methoxy groups -OCH3 is 2. The molecule has 134 valence electrons. The van der Waals surface area contributed by atoms with Crippen molar-refractivity contribution >= 4 is 5.91 Å². The summed E-state index contributed by atoms with van der Waals surface area (Å²) in [7, 11) is 2.97. The van der Waals surface area contributed by atoms with Crippen molar-refractivity contribution in [3.63, 3.8) is 0 Å². The fourth-order valence-electron chi connectivity index (χ4n) is 2.46. The van der Waals surface area contributed by atoms with Gasteiger partial charge in [0.15, 0.2) is 0 Å². The van der Waals surface area contributed by atoms with Crippen molar-refractivity contribution in [3.05, 3.63) is 59.2 Å². The van der Waals surface area contributed by atoms with Gasteiger partial charge in [0.1, 0.15) is 11.5 Å². The zero-order chi connectivity index (χ0) is 18.6. The Labute approximate surface area is 143 Å². The zero-order valence-corrected chi connectivity index (χ0v) is 14.0. The number of ether oxygens (including phenoxy) is 2. The second kappa shape index (κ2) is 7.46. The lowest BCUT2D eigenvalue weighted by Crippen LogP contribution is -2.29. The third-order valence-electron chi connectivity index (χ3n) is 3.73. The summed E-state index contributed by atoms with van der Waals surface area (Å²) in [5, 5.41) is 2.58. The van der Waals surface area contributed by atoms with E-state index >= 15 is 0 Å². The van der Waals surface area contributed by atoms with E-state index in [1.807, 2.05) is 0 Å². The zero-order valence-electron chi connectivity index (χ0n) is 14.0. The molecule has 1 N–H and O–H groups in total. The highest BCUT2D eigenvalue weighted by atomic mass is 19.4. The van der Waals surface area contributed by atoms with Gasteiger partial charge >= 0.3 is 6.18 Å². The van der Waals surface area contributed by atoms with Gasteiger partial charge in [0.25, 0.3) is 5.91 Å². The Morgan fingerprint density at radius 1 is 1.08 bits per heavy atom. The van der Waals surface area contributed by atoms with E-state index in [9.17, 15) is 18.0 Å². The summed E-state index contributed by atoms with van der Waals surface area (Å²) in [4.78, 5) is 12.4. The molecule has 0 heterocycles. The number of hydrogen-bond acceptors (Lipinski definition) is 3. The average Bonchev–Trinajstić information content (AvgIpc) is 2.60. The molecule has 2 aromatic rings. The van der Waals surface area contributed by atoms with E-state index in [1.54, 1.807) is 25.1 Å². The van der Waals surface area contributed by atoms with Crippen LogP contribution in [0.4, 0.5) is 13.2 Å². The average molecular weight is 353 g/mol. The van der Waals surface area contributed by atoms with Crippen molar-refractivity contribution in [1.29, 1.82) is 0 Å². The van der Waals surface area contributed by atoms with Crippen LogP contribution in [0.25, 0.3) is 0 Å². The van der Waals surface area contributed by atoms with Crippen molar-refractivity contribution < 1.29 is 27.4 Å². The largest absolute Gasteiger partial charge is 0.497 e. The molecule has 0 radical (unpaired) electrons. The van der Waals surface area contributed by atoms with Crippen molar-refractivity contribution in [1.82, 2.24) is 5.32 Å². The summed E-state index contributed by atoms with van der Waals surface area (Å²) in [6.45, 7) is 1.66. The molecule has 25 heavy (non-hydrogen) atoms. The molecule has 0 aromatic heterocycles. The molecule has 0 saturated carbocycles.